The van der Waals surface area contributed by atoms with Crippen molar-refractivity contribution in [3.05, 3.63) is 16.7 Å². The van der Waals surface area contributed by atoms with Crippen LogP contribution in [0.4, 0.5) is 0 Å². The van der Waals surface area contributed by atoms with Crippen molar-refractivity contribution >= 4 is 11.6 Å². The van der Waals surface area contributed by atoms with Gasteiger partial charge in [0.05, 0.1) is 38.6 Å². The van der Waals surface area contributed by atoms with E-state index in [0.717, 1.165) is 18.4 Å². The average Bonchev–Trinajstić information content (AvgIpc) is 3.11. The van der Waals surface area contributed by atoms with Gasteiger partial charge in [0.1, 0.15) is 0 Å². The number of rotatable bonds is 6. The van der Waals surface area contributed by atoms with E-state index in [1.54, 1.807) is 21.3 Å². The summed E-state index contributed by atoms with van der Waals surface area (Å²) in [5.74, 6) is 1.72. The Labute approximate surface area is 118 Å². The first kappa shape index (κ1) is 14.3. The Morgan fingerprint density at radius 2 is 1.68 bits per heavy atom. The highest BCUT2D eigenvalue weighted by Crippen LogP contribution is 2.45. The highest BCUT2D eigenvalue weighted by atomic mass is 35.5. The van der Waals surface area contributed by atoms with E-state index in [4.69, 9.17) is 30.5 Å². The van der Waals surface area contributed by atoms with E-state index in [2.05, 4.69) is 6.92 Å². The Hall–Kier alpha value is -1.13. The summed E-state index contributed by atoms with van der Waals surface area (Å²) in [5.41, 5.74) is 1.01. The summed E-state index contributed by atoms with van der Waals surface area (Å²) in [7, 11) is 4.75. The van der Waals surface area contributed by atoms with Gasteiger partial charge >= 0.3 is 0 Å². The monoisotopic (exact) mass is 286 g/mol. The molecule has 0 spiro atoms. The van der Waals surface area contributed by atoms with Crippen molar-refractivity contribution < 1.29 is 18.9 Å². The fraction of sp³-hybridized carbons (Fsp3) is 0.571. The van der Waals surface area contributed by atoms with Crippen molar-refractivity contribution in [1.82, 2.24) is 0 Å². The molecule has 0 aliphatic carbocycles. The van der Waals surface area contributed by atoms with Crippen LogP contribution in [0, 0.1) is 0 Å². The highest BCUT2D eigenvalue weighted by molar-refractivity contribution is 6.32. The molecule has 4 nitrogen and oxygen atoms in total. The van der Waals surface area contributed by atoms with Crippen molar-refractivity contribution in [2.45, 2.75) is 32.0 Å². The SMILES string of the molecule is COc1c(Cl)cc(CCC2OC2C)c(OC)c1OC. The van der Waals surface area contributed by atoms with Crippen LogP contribution in [-0.2, 0) is 11.2 Å². The van der Waals surface area contributed by atoms with E-state index >= 15 is 0 Å². The molecule has 1 aliphatic heterocycles. The van der Waals surface area contributed by atoms with Gasteiger partial charge < -0.3 is 18.9 Å². The number of hydrogen-bond donors (Lipinski definition) is 0. The van der Waals surface area contributed by atoms with Gasteiger partial charge in [0.2, 0.25) is 5.75 Å². The minimum absolute atomic E-state index is 0.344. The molecule has 5 heteroatoms. The minimum atomic E-state index is 0.344. The smallest absolute Gasteiger partial charge is 0.205 e. The molecule has 0 saturated carbocycles. The fourth-order valence-corrected chi connectivity index (χ4v) is 2.55. The first-order valence-corrected chi connectivity index (χ1v) is 6.63. The summed E-state index contributed by atoms with van der Waals surface area (Å²) in [6.07, 6.45) is 2.49. The number of epoxide rings is 1. The second kappa shape index (κ2) is 5.88. The predicted molar refractivity (Wildman–Crippen MR) is 73.8 cm³/mol. The second-order valence-corrected chi connectivity index (χ2v) is 4.94. The number of methoxy groups -OCH3 is 3. The van der Waals surface area contributed by atoms with Crippen molar-refractivity contribution in [2.75, 3.05) is 21.3 Å². The molecule has 1 heterocycles. The molecule has 0 bridgehead atoms. The van der Waals surface area contributed by atoms with Gasteiger partial charge in [-0.1, -0.05) is 11.6 Å². The number of aryl methyl sites for hydroxylation is 1. The van der Waals surface area contributed by atoms with E-state index in [-0.39, 0.29) is 0 Å². The van der Waals surface area contributed by atoms with Crippen LogP contribution in [0.25, 0.3) is 0 Å². The van der Waals surface area contributed by atoms with E-state index in [1.807, 2.05) is 6.07 Å². The summed E-state index contributed by atoms with van der Waals surface area (Å²) >= 11 is 6.21. The largest absolute Gasteiger partial charge is 0.492 e. The standard InChI is InChI=1S/C14H19ClO4/c1-8-11(19-8)6-5-9-7-10(15)13(17-3)14(18-4)12(9)16-2/h7-8,11H,5-6H2,1-4H3. The quantitative estimate of drug-likeness (QED) is 0.754. The summed E-state index contributed by atoms with van der Waals surface area (Å²) in [4.78, 5) is 0. The molecule has 2 rings (SSSR count). The van der Waals surface area contributed by atoms with Crippen LogP contribution in [0.1, 0.15) is 18.9 Å². The van der Waals surface area contributed by atoms with Gasteiger partial charge in [0, 0.05) is 0 Å². The van der Waals surface area contributed by atoms with Crippen LogP contribution in [-0.4, -0.2) is 33.5 Å². The van der Waals surface area contributed by atoms with E-state index in [0.29, 0.717) is 34.5 Å². The molecule has 1 aliphatic rings. The molecule has 2 atom stereocenters. The van der Waals surface area contributed by atoms with Gasteiger partial charge in [0.25, 0.3) is 0 Å². The fourth-order valence-electron chi connectivity index (χ4n) is 2.26. The zero-order valence-corrected chi connectivity index (χ0v) is 12.4. The van der Waals surface area contributed by atoms with Crippen molar-refractivity contribution in [3.8, 4) is 17.2 Å². The minimum Gasteiger partial charge on any atom is -0.492 e. The predicted octanol–water partition coefficient (Wildman–Crippen LogP) is 3.09. The summed E-state index contributed by atoms with van der Waals surface area (Å²) in [6.45, 7) is 2.07. The number of ether oxygens (including phenoxy) is 4. The van der Waals surface area contributed by atoms with Gasteiger partial charge in [-0.2, -0.15) is 0 Å². The molecule has 19 heavy (non-hydrogen) atoms. The second-order valence-electron chi connectivity index (χ2n) is 4.54. The Morgan fingerprint density at radius 1 is 1.11 bits per heavy atom. The van der Waals surface area contributed by atoms with E-state index in [1.165, 1.54) is 0 Å². The maximum Gasteiger partial charge on any atom is 0.205 e. The van der Waals surface area contributed by atoms with E-state index in [9.17, 15) is 0 Å². The molecular weight excluding hydrogens is 268 g/mol. The molecule has 0 aromatic heterocycles. The van der Waals surface area contributed by atoms with Crippen molar-refractivity contribution in [2.24, 2.45) is 0 Å². The summed E-state index contributed by atoms with van der Waals surface area (Å²) in [5, 5.41) is 0.528. The molecule has 106 valence electrons. The zero-order chi connectivity index (χ0) is 14.0. The normalized spacial score (nSPS) is 21.1. The Bertz CT molecular complexity index is 461. The summed E-state index contributed by atoms with van der Waals surface area (Å²) in [6, 6.07) is 1.87. The lowest BCUT2D eigenvalue weighted by Crippen LogP contribution is -2.01. The van der Waals surface area contributed by atoms with Gasteiger partial charge in [-0.3, -0.25) is 0 Å². The van der Waals surface area contributed by atoms with Crippen LogP contribution in [0.2, 0.25) is 5.02 Å². The van der Waals surface area contributed by atoms with Gasteiger partial charge in [-0.25, -0.2) is 0 Å². The third-order valence-electron chi connectivity index (χ3n) is 3.37. The molecule has 1 saturated heterocycles. The molecule has 0 N–H and O–H groups in total. The molecule has 2 unspecified atom stereocenters. The van der Waals surface area contributed by atoms with Gasteiger partial charge in [-0.15, -0.1) is 0 Å². The molecule has 0 amide bonds. The first-order valence-electron chi connectivity index (χ1n) is 6.25. The molecule has 1 aromatic rings. The molecule has 1 fully saturated rings. The lowest BCUT2D eigenvalue weighted by molar-refractivity contribution is 0.321. The number of benzene rings is 1. The summed E-state index contributed by atoms with van der Waals surface area (Å²) < 4.78 is 21.5. The Balaban J connectivity index is 2.28. The van der Waals surface area contributed by atoms with Crippen LogP contribution in [0.15, 0.2) is 6.07 Å². The van der Waals surface area contributed by atoms with Crippen LogP contribution in [0.3, 0.4) is 0 Å². The maximum atomic E-state index is 6.21. The lowest BCUT2D eigenvalue weighted by Gasteiger charge is -2.17. The van der Waals surface area contributed by atoms with Gasteiger partial charge in [-0.05, 0) is 31.4 Å². The maximum absolute atomic E-state index is 6.21. The van der Waals surface area contributed by atoms with Crippen LogP contribution in [0.5, 0.6) is 17.2 Å². The average molecular weight is 287 g/mol. The van der Waals surface area contributed by atoms with Crippen molar-refractivity contribution in [3.63, 3.8) is 0 Å². The van der Waals surface area contributed by atoms with Crippen LogP contribution < -0.4 is 14.2 Å². The van der Waals surface area contributed by atoms with Crippen LogP contribution >= 0.6 is 11.6 Å². The number of halogens is 1. The van der Waals surface area contributed by atoms with Gasteiger partial charge in [0.15, 0.2) is 11.5 Å². The molecule has 1 aromatic carbocycles. The first-order chi connectivity index (χ1) is 9.12. The lowest BCUT2D eigenvalue weighted by atomic mass is 10.0. The third-order valence-corrected chi connectivity index (χ3v) is 3.65. The molecular formula is C14H19ClO4. The highest BCUT2D eigenvalue weighted by Gasteiger charge is 2.33. The third kappa shape index (κ3) is 2.90. The number of hydrogen-bond acceptors (Lipinski definition) is 4. The Kier molecular flexibility index (Phi) is 4.42. The molecule has 0 radical (unpaired) electrons. The Morgan fingerprint density at radius 3 is 2.16 bits per heavy atom. The van der Waals surface area contributed by atoms with E-state index < -0.39 is 0 Å². The van der Waals surface area contributed by atoms with Crippen molar-refractivity contribution in [1.29, 1.82) is 0 Å². The zero-order valence-electron chi connectivity index (χ0n) is 11.7. The topological polar surface area (TPSA) is 40.2 Å².